The Balaban J connectivity index is 1.64. The number of esters is 1. The number of amides is 1. The molecule has 1 N–H and O–H groups in total. The molecule has 0 aliphatic heterocycles. The number of thiazole rings is 1. The lowest BCUT2D eigenvalue weighted by molar-refractivity contribution is -0.143. The van der Waals surface area contributed by atoms with E-state index in [0.717, 1.165) is 17.6 Å². The lowest BCUT2D eigenvalue weighted by Crippen LogP contribution is -2.23. The number of rotatable bonds is 9. The molecule has 0 saturated heterocycles. The van der Waals surface area contributed by atoms with Crippen LogP contribution in [0.4, 0.5) is 5.69 Å². The van der Waals surface area contributed by atoms with Crippen molar-refractivity contribution in [2.75, 3.05) is 24.7 Å². The van der Waals surface area contributed by atoms with E-state index in [1.54, 1.807) is 13.0 Å². The summed E-state index contributed by atoms with van der Waals surface area (Å²) in [6.07, 6.45) is 1.09. The molecule has 0 aliphatic rings. The highest BCUT2D eigenvalue weighted by Crippen LogP contribution is 2.23. The number of nitrogens with one attached hydrogen (secondary N) is 1. The highest BCUT2D eigenvalue weighted by molar-refractivity contribution is 7.92. The van der Waals surface area contributed by atoms with Gasteiger partial charge in [-0.25, -0.2) is 16.8 Å². The molecule has 210 valence electrons. The van der Waals surface area contributed by atoms with Gasteiger partial charge in [0.05, 0.1) is 33.7 Å². The number of fused-ring (bicyclic) bond motifs is 1. The number of methoxy groups -OCH3 is 1. The molecule has 0 atom stereocenters. The molecule has 0 unspecified atom stereocenters. The lowest BCUT2D eigenvalue weighted by atomic mass is 10.2. The van der Waals surface area contributed by atoms with Crippen LogP contribution in [0, 0.1) is 0 Å². The Bertz CT molecular complexity index is 1860. The van der Waals surface area contributed by atoms with Crippen LogP contribution >= 0.6 is 11.3 Å². The Labute approximate surface area is 234 Å². The molecule has 1 heterocycles. The summed E-state index contributed by atoms with van der Waals surface area (Å²) in [6.45, 7) is 1.60. The van der Waals surface area contributed by atoms with Crippen LogP contribution in [-0.4, -0.2) is 53.3 Å². The van der Waals surface area contributed by atoms with Crippen LogP contribution in [-0.2, 0) is 35.9 Å². The van der Waals surface area contributed by atoms with Crippen molar-refractivity contribution in [3.63, 3.8) is 0 Å². The van der Waals surface area contributed by atoms with Crippen LogP contribution in [0.5, 0.6) is 5.75 Å². The van der Waals surface area contributed by atoms with Gasteiger partial charge < -0.3 is 14.0 Å². The molecule has 4 rings (SSSR count). The minimum Gasteiger partial charge on any atom is -0.497 e. The van der Waals surface area contributed by atoms with Crippen LogP contribution < -0.4 is 14.3 Å². The summed E-state index contributed by atoms with van der Waals surface area (Å²) in [7, 11) is -5.87. The zero-order valence-electron chi connectivity index (χ0n) is 21.7. The summed E-state index contributed by atoms with van der Waals surface area (Å²) < 4.78 is 64.0. The van der Waals surface area contributed by atoms with Gasteiger partial charge in [-0.05, 0) is 73.7 Å². The van der Waals surface area contributed by atoms with Crippen molar-refractivity contribution < 1.29 is 35.9 Å². The number of sulfone groups is 1. The molecule has 1 aromatic heterocycles. The predicted octanol–water partition coefficient (Wildman–Crippen LogP) is 3.22. The molecule has 0 bridgehead atoms. The largest absolute Gasteiger partial charge is 0.497 e. The van der Waals surface area contributed by atoms with Crippen LogP contribution in [0.2, 0.25) is 0 Å². The van der Waals surface area contributed by atoms with Gasteiger partial charge in [0, 0.05) is 17.5 Å². The second-order valence-corrected chi connectivity index (χ2v) is 13.2. The summed E-state index contributed by atoms with van der Waals surface area (Å²) >= 11 is 1.05. The molecule has 14 heteroatoms. The van der Waals surface area contributed by atoms with E-state index >= 15 is 0 Å². The maximum absolute atomic E-state index is 13.0. The molecular formula is C26H25N3O8S3. The first-order valence-corrected chi connectivity index (χ1v) is 16.0. The van der Waals surface area contributed by atoms with E-state index in [1.807, 2.05) is 0 Å². The molecule has 0 radical (unpaired) electrons. The Hall–Kier alpha value is -4.01. The number of aromatic nitrogens is 1. The van der Waals surface area contributed by atoms with E-state index < -0.39 is 31.7 Å². The van der Waals surface area contributed by atoms with Gasteiger partial charge in [0.15, 0.2) is 14.6 Å². The van der Waals surface area contributed by atoms with Crippen molar-refractivity contribution >= 4 is 59.0 Å². The third kappa shape index (κ3) is 6.58. The fourth-order valence-electron chi connectivity index (χ4n) is 3.66. The molecule has 0 aliphatic carbocycles. The number of nitrogens with zero attached hydrogens (tertiary/aromatic N) is 2. The molecule has 1 amide bonds. The highest BCUT2D eigenvalue weighted by Gasteiger charge is 2.17. The van der Waals surface area contributed by atoms with E-state index in [0.29, 0.717) is 16.0 Å². The number of hydrogen-bond donors (Lipinski definition) is 1. The fraction of sp³-hybridized carbons (Fsp3) is 0.192. The van der Waals surface area contributed by atoms with Crippen molar-refractivity contribution in [2.24, 2.45) is 4.99 Å². The second-order valence-electron chi connectivity index (χ2n) is 8.45. The van der Waals surface area contributed by atoms with Crippen molar-refractivity contribution in [3.05, 3.63) is 77.1 Å². The Morgan fingerprint density at radius 3 is 2.20 bits per heavy atom. The van der Waals surface area contributed by atoms with Gasteiger partial charge in [0.25, 0.3) is 15.9 Å². The quantitative estimate of drug-likeness (QED) is 0.287. The van der Waals surface area contributed by atoms with E-state index in [1.165, 1.54) is 72.3 Å². The second kappa shape index (κ2) is 11.6. The number of hydrogen-bond acceptors (Lipinski definition) is 9. The maximum atomic E-state index is 13.0. The average molecular weight is 604 g/mol. The lowest BCUT2D eigenvalue weighted by Gasteiger charge is -2.09. The normalized spacial score (nSPS) is 12.3. The smallest absolute Gasteiger partial charge is 0.326 e. The van der Waals surface area contributed by atoms with Crippen molar-refractivity contribution in [3.8, 4) is 5.75 Å². The monoisotopic (exact) mass is 603 g/mol. The highest BCUT2D eigenvalue weighted by atomic mass is 32.2. The maximum Gasteiger partial charge on any atom is 0.326 e. The molecule has 0 fully saturated rings. The minimum absolute atomic E-state index is 0.0402. The van der Waals surface area contributed by atoms with Crippen LogP contribution in [0.15, 0.2) is 81.5 Å². The first-order valence-electron chi connectivity index (χ1n) is 11.8. The predicted molar refractivity (Wildman–Crippen MR) is 150 cm³/mol. The van der Waals surface area contributed by atoms with Crippen molar-refractivity contribution in [2.45, 2.75) is 23.3 Å². The van der Waals surface area contributed by atoms with Gasteiger partial charge in [0.2, 0.25) is 0 Å². The SMILES string of the molecule is CCOC(=O)Cn1c(=NC(=O)c2ccc(NS(=O)(=O)c3ccc(OC)cc3)cc2)sc2cc(S(C)(=O)=O)ccc21. The Morgan fingerprint density at radius 2 is 1.60 bits per heavy atom. The van der Waals surface area contributed by atoms with E-state index in [4.69, 9.17) is 9.47 Å². The molecule has 0 spiro atoms. The van der Waals surface area contributed by atoms with Gasteiger partial charge in [-0.1, -0.05) is 11.3 Å². The molecule has 3 aromatic carbocycles. The molecule has 4 aromatic rings. The number of carbonyl (C=O) groups is 2. The fourth-order valence-corrected chi connectivity index (χ4v) is 6.51. The molecule has 40 heavy (non-hydrogen) atoms. The summed E-state index contributed by atoms with van der Waals surface area (Å²) in [6, 6.07) is 16.0. The summed E-state index contributed by atoms with van der Waals surface area (Å²) in [5.74, 6) is -0.669. The zero-order chi connectivity index (χ0) is 29.1. The standard InChI is InChI=1S/C26H25N3O8S3/c1-4-37-24(30)16-29-22-14-13-21(39(3,32)33)15-23(22)38-26(29)27-25(31)17-5-7-18(8-6-17)28-40(34,35)20-11-9-19(36-2)10-12-20/h5-15,28H,4,16H2,1-3H3. The Morgan fingerprint density at radius 1 is 0.950 bits per heavy atom. The summed E-state index contributed by atoms with van der Waals surface area (Å²) in [5, 5.41) is 0. The van der Waals surface area contributed by atoms with Crippen molar-refractivity contribution in [1.29, 1.82) is 0 Å². The summed E-state index contributed by atoms with van der Waals surface area (Å²) in [4.78, 5) is 29.8. The first kappa shape index (κ1) is 29.0. The molecule has 0 saturated carbocycles. The van der Waals surface area contributed by atoms with Gasteiger partial charge in [-0.15, -0.1) is 0 Å². The van der Waals surface area contributed by atoms with Gasteiger partial charge in [-0.2, -0.15) is 4.99 Å². The van der Waals surface area contributed by atoms with Gasteiger partial charge in [0.1, 0.15) is 12.3 Å². The van der Waals surface area contributed by atoms with Crippen LogP contribution in [0.25, 0.3) is 10.2 Å². The van der Waals surface area contributed by atoms with Gasteiger partial charge in [-0.3, -0.25) is 14.3 Å². The number of ether oxygens (including phenoxy) is 2. The van der Waals surface area contributed by atoms with E-state index in [9.17, 15) is 26.4 Å². The van der Waals surface area contributed by atoms with E-state index in [2.05, 4.69) is 9.71 Å². The molecular weight excluding hydrogens is 579 g/mol. The van der Waals surface area contributed by atoms with Crippen molar-refractivity contribution in [1.82, 2.24) is 4.57 Å². The van der Waals surface area contributed by atoms with Crippen LogP contribution in [0.3, 0.4) is 0 Å². The third-order valence-electron chi connectivity index (χ3n) is 5.63. The zero-order valence-corrected chi connectivity index (χ0v) is 24.1. The number of anilines is 1. The molecule has 11 nitrogen and oxygen atoms in total. The van der Waals surface area contributed by atoms with E-state index in [-0.39, 0.29) is 39.0 Å². The average Bonchev–Trinajstić information content (AvgIpc) is 3.24. The minimum atomic E-state index is -3.87. The number of sulfonamides is 1. The Kier molecular flexibility index (Phi) is 8.42. The summed E-state index contributed by atoms with van der Waals surface area (Å²) in [5.41, 5.74) is 0.921. The van der Waals surface area contributed by atoms with Gasteiger partial charge >= 0.3 is 5.97 Å². The number of benzene rings is 3. The topological polar surface area (TPSA) is 150 Å². The number of carbonyl (C=O) groups excluding carboxylic acids is 2. The first-order chi connectivity index (χ1) is 18.9. The third-order valence-corrected chi connectivity index (χ3v) is 9.17. The van der Waals surface area contributed by atoms with Crippen LogP contribution in [0.1, 0.15) is 17.3 Å².